The monoisotopic (exact) mass is 203 g/mol. The average Bonchev–Trinajstić information content (AvgIpc) is 2.94. The van der Waals surface area contributed by atoms with Gasteiger partial charge in [-0.25, -0.2) is 0 Å². The van der Waals surface area contributed by atoms with Crippen molar-refractivity contribution >= 4 is 11.8 Å². The van der Waals surface area contributed by atoms with E-state index in [0.29, 0.717) is 12.6 Å². The molecule has 2 nitrogen and oxygen atoms in total. The van der Waals surface area contributed by atoms with Crippen LogP contribution in [0.25, 0.3) is 0 Å². The van der Waals surface area contributed by atoms with E-state index in [9.17, 15) is 0 Å². The third-order valence-corrected chi connectivity index (χ3v) is 3.45. The number of thioether (sulfide) groups is 1. The second-order valence-electron chi connectivity index (χ2n) is 3.70. The van der Waals surface area contributed by atoms with Crippen molar-refractivity contribution in [3.05, 3.63) is 0 Å². The molecule has 0 radical (unpaired) electrons. The number of aliphatic hydroxyl groups is 1. The Morgan fingerprint density at radius 2 is 2.31 bits per heavy atom. The van der Waals surface area contributed by atoms with Crippen LogP contribution in [0.1, 0.15) is 26.2 Å². The van der Waals surface area contributed by atoms with Crippen LogP contribution in [0.4, 0.5) is 0 Å². The molecule has 0 aliphatic heterocycles. The molecule has 1 rings (SSSR count). The molecular formula is C10H21NOS. The summed E-state index contributed by atoms with van der Waals surface area (Å²) in [6.45, 7) is 3.66. The van der Waals surface area contributed by atoms with Gasteiger partial charge in [0.25, 0.3) is 0 Å². The Labute approximate surface area is 85.5 Å². The van der Waals surface area contributed by atoms with E-state index in [4.69, 9.17) is 5.11 Å². The van der Waals surface area contributed by atoms with E-state index in [2.05, 4.69) is 12.2 Å². The van der Waals surface area contributed by atoms with Crippen LogP contribution in [-0.4, -0.2) is 35.8 Å². The van der Waals surface area contributed by atoms with Gasteiger partial charge in [0.05, 0.1) is 6.61 Å². The van der Waals surface area contributed by atoms with Crippen molar-refractivity contribution < 1.29 is 5.11 Å². The van der Waals surface area contributed by atoms with Gasteiger partial charge < -0.3 is 10.4 Å². The van der Waals surface area contributed by atoms with Crippen LogP contribution in [0.5, 0.6) is 0 Å². The molecule has 0 heterocycles. The minimum Gasteiger partial charge on any atom is -0.396 e. The van der Waals surface area contributed by atoms with Crippen LogP contribution in [0.3, 0.4) is 0 Å². The fourth-order valence-corrected chi connectivity index (χ4v) is 2.40. The van der Waals surface area contributed by atoms with Crippen molar-refractivity contribution in [3.8, 4) is 0 Å². The molecule has 0 spiro atoms. The van der Waals surface area contributed by atoms with Crippen LogP contribution in [0.2, 0.25) is 0 Å². The van der Waals surface area contributed by atoms with E-state index in [0.717, 1.165) is 18.2 Å². The summed E-state index contributed by atoms with van der Waals surface area (Å²) in [5.74, 6) is 2.99. The van der Waals surface area contributed by atoms with Gasteiger partial charge in [-0.05, 0) is 31.7 Å². The average molecular weight is 203 g/mol. The molecule has 1 saturated carbocycles. The molecule has 1 fully saturated rings. The second kappa shape index (κ2) is 6.68. The minimum atomic E-state index is 0.315. The smallest absolute Gasteiger partial charge is 0.0521 e. The maximum absolute atomic E-state index is 8.67. The lowest BCUT2D eigenvalue weighted by atomic mass is 10.2. The largest absolute Gasteiger partial charge is 0.396 e. The lowest BCUT2D eigenvalue weighted by Gasteiger charge is -2.16. The van der Waals surface area contributed by atoms with E-state index in [1.807, 2.05) is 11.8 Å². The predicted molar refractivity (Wildman–Crippen MR) is 59.2 cm³/mol. The van der Waals surface area contributed by atoms with E-state index >= 15 is 0 Å². The number of nitrogens with one attached hydrogen (secondary N) is 1. The van der Waals surface area contributed by atoms with Crippen molar-refractivity contribution in [1.29, 1.82) is 0 Å². The molecule has 1 unspecified atom stereocenters. The molecule has 0 bridgehead atoms. The summed E-state index contributed by atoms with van der Waals surface area (Å²) < 4.78 is 0. The SMILES string of the molecule is CCCNC(CSCCO)C1CC1. The first-order valence-corrected chi connectivity index (χ1v) is 6.46. The van der Waals surface area contributed by atoms with Gasteiger partial charge >= 0.3 is 0 Å². The maximum Gasteiger partial charge on any atom is 0.0521 e. The Balaban J connectivity index is 2.06. The van der Waals surface area contributed by atoms with Gasteiger partial charge in [0.15, 0.2) is 0 Å². The first-order valence-electron chi connectivity index (χ1n) is 5.30. The second-order valence-corrected chi connectivity index (χ2v) is 4.85. The zero-order valence-corrected chi connectivity index (χ0v) is 9.28. The van der Waals surface area contributed by atoms with Gasteiger partial charge in [0.1, 0.15) is 0 Å². The van der Waals surface area contributed by atoms with Gasteiger partial charge in [-0.3, -0.25) is 0 Å². The fraction of sp³-hybridized carbons (Fsp3) is 1.00. The summed E-state index contributed by atoms with van der Waals surface area (Å²) in [4.78, 5) is 0. The van der Waals surface area contributed by atoms with Crippen LogP contribution in [-0.2, 0) is 0 Å². The fourth-order valence-electron chi connectivity index (χ4n) is 1.46. The highest BCUT2D eigenvalue weighted by Gasteiger charge is 2.30. The molecule has 1 atom stereocenters. The van der Waals surface area contributed by atoms with Crippen molar-refractivity contribution in [3.63, 3.8) is 0 Å². The number of rotatable bonds is 8. The molecule has 0 amide bonds. The van der Waals surface area contributed by atoms with Crippen molar-refractivity contribution in [2.45, 2.75) is 32.2 Å². The van der Waals surface area contributed by atoms with Crippen molar-refractivity contribution in [1.82, 2.24) is 5.32 Å². The molecule has 2 N–H and O–H groups in total. The Kier molecular flexibility index (Phi) is 5.83. The highest BCUT2D eigenvalue weighted by Crippen LogP contribution is 2.33. The predicted octanol–water partition coefficient (Wildman–Crippen LogP) is 1.49. The Bertz CT molecular complexity index is 128. The molecule has 13 heavy (non-hydrogen) atoms. The highest BCUT2D eigenvalue weighted by molar-refractivity contribution is 7.99. The quantitative estimate of drug-likeness (QED) is 0.586. The Morgan fingerprint density at radius 3 is 2.85 bits per heavy atom. The molecule has 0 aromatic carbocycles. The third-order valence-electron chi connectivity index (χ3n) is 2.38. The minimum absolute atomic E-state index is 0.315. The van der Waals surface area contributed by atoms with Gasteiger partial charge in [0, 0.05) is 17.5 Å². The van der Waals surface area contributed by atoms with Gasteiger partial charge in [-0.1, -0.05) is 6.92 Å². The summed E-state index contributed by atoms with van der Waals surface area (Å²) >= 11 is 1.87. The molecular weight excluding hydrogens is 182 g/mol. The third kappa shape index (κ3) is 4.89. The van der Waals surface area contributed by atoms with E-state index in [-0.39, 0.29) is 0 Å². The summed E-state index contributed by atoms with van der Waals surface area (Å²) in [6, 6.07) is 0.705. The summed E-state index contributed by atoms with van der Waals surface area (Å²) in [5, 5.41) is 12.3. The molecule has 0 aromatic heterocycles. The summed E-state index contributed by atoms with van der Waals surface area (Å²) in [7, 11) is 0. The van der Waals surface area contributed by atoms with Crippen LogP contribution in [0, 0.1) is 5.92 Å². The van der Waals surface area contributed by atoms with Gasteiger partial charge in [0.2, 0.25) is 0 Å². The summed E-state index contributed by atoms with van der Waals surface area (Å²) in [6.07, 6.45) is 4.02. The van der Waals surface area contributed by atoms with Crippen molar-refractivity contribution in [2.24, 2.45) is 5.92 Å². The Morgan fingerprint density at radius 1 is 1.54 bits per heavy atom. The van der Waals surface area contributed by atoms with Crippen LogP contribution in [0.15, 0.2) is 0 Å². The van der Waals surface area contributed by atoms with Gasteiger partial charge in [-0.2, -0.15) is 11.8 Å². The first kappa shape index (κ1) is 11.3. The summed E-state index contributed by atoms with van der Waals surface area (Å²) in [5.41, 5.74) is 0. The van der Waals surface area contributed by atoms with E-state index < -0.39 is 0 Å². The molecule has 3 heteroatoms. The van der Waals surface area contributed by atoms with E-state index in [1.165, 1.54) is 25.0 Å². The number of hydrogen-bond donors (Lipinski definition) is 2. The molecule has 1 aliphatic carbocycles. The highest BCUT2D eigenvalue weighted by atomic mass is 32.2. The lowest BCUT2D eigenvalue weighted by molar-refractivity contribution is 0.322. The van der Waals surface area contributed by atoms with Gasteiger partial charge in [-0.15, -0.1) is 0 Å². The number of aliphatic hydroxyl groups excluding tert-OH is 1. The standard InChI is InChI=1S/C10H21NOS/c1-2-5-11-10(9-3-4-9)8-13-7-6-12/h9-12H,2-8H2,1H3. The topological polar surface area (TPSA) is 32.3 Å². The molecule has 78 valence electrons. The van der Waals surface area contributed by atoms with Crippen molar-refractivity contribution in [2.75, 3.05) is 24.7 Å². The number of hydrogen-bond acceptors (Lipinski definition) is 3. The normalized spacial score (nSPS) is 18.9. The Hall–Kier alpha value is 0.270. The lowest BCUT2D eigenvalue weighted by Crippen LogP contribution is -2.34. The maximum atomic E-state index is 8.67. The molecule has 0 saturated heterocycles. The zero-order valence-electron chi connectivity index (χ0n) is 8.46. The van der Waals surface area contributed by atoms with E-state index in [1.54, 1.807) is 0 Å². The molecule has 1 aliphatic rings. The zero-order chi connectivity index (χ0) is 9.52. The first-order chi connectivity index (χ1) is 6.38. The molecule has 0 aromatic rings. The van der Waals surface area contributed by atoms with Crippen LogP contribution >= 0.6 is 11.8 Å². The van der Waals surface area contributed by atoms with Crippen LogP contribution < -0.4 is 5.32 Å².